The smallest absolute Gasteiger partial charge is 0.308 e. The number of imidazole rings is 1. The van der Waals surface area contributed by atoms with Crippen LogP contribution in [0.1, 0.15) is 64.9 Å². The van der Waals surface area contributed by atoms with Crippen LogP contribution in [0, 0.1) is 5.92 Å². The van der Waals surface area contributed by atoms with E-state index >= 15 is 0 Å². The molecule has 0 N–H and O–H groups in total. The number of carbonyl (C=O) groups is 3. The number of hydrogen-bond donors (Lipinski definition) is 0. The third kappa shape index (κ3) is 8.30. The van der Waals surface area contributed by atoms with E-state index < -0.39 is 5.97 Å². The van der Waals surface area contributed by atoms with E-state index in [1.807, 2.05) is 51.9 Å². The average Bonchev–Trinajstić information content (AvgIpc) is 3.98. The highest BCUT2D eigenvalue weighted by atomic mass is 16.6. The van der Waals surface area contributed by atoms with Gasteiger partial charge in [0.05, 0.1) is 38.1 Å². The Labute approximate surface area is 320 Å². The number of furan rings is 1. The molecule has 0 spiro atoms. The Morgan fingerprint density at radius 2 is 1.65 bits per heavy atom. The van der Waals surface area contributed by atoms with Crippen LogP contribution in [0.25, 0.3) is 11.0 Å². The maximum absolute atomic E-state index is 14.1. The highest BCUT2D eigenvalue weighted by Crippen LogP contribution is 2.42. The number of esters is 1. The van der Waals surface area contributed by atoms with Crippen molar-refractivity contribution >= 4 is 28.7 Å². The SMILES string of the molecule is COc1cc(C(=O)N2CCC(CCN3CCC(C(=O)c4nc5ccccc5n4CCOCc4ccco4)CC3)(c3ccccc3)C2)cc(OC(C)=O)c1OC. The van der Waals surface area contributed by atoms with Gasteiger partial charge in [0.1, 0.15) is 12.4 Å². The standard InChI is InChI=1S/C43H48N4O8/c1-30(48)55-38-27-32(26-37(51-2)40(38)52-3)42(50)46-22-18-43(29-46,33-10-5-4-6-11-33)17-21-45-19-15-31(16-20-45)39(49)41-44-35-13-7-8-14-36(35)47(41)23-25-53-28-34-12-9-24-54-34/h4-14,24,26-27,31H,15-23,25,28-29H2,1-3H3. The van der Waals surface area contributed by atoms with Crippen molar-refractivity contribution in [3.63, 3.8) is 0 Å². The highest BCUT2D eigenvalue weighted by Gasteiger charge is 2.42. The summed E-state index contributed by atoms with van der Waals surface area (Å²) in [6, 6.07) is 25.2. The number of ketones is 1. The summed E-state index contributed by atoms with van der Waals surface area (Å²) in [4.78, 5) is 49.1. The van der Waals surface area contributed by atoms with Crippen LogP contribution >= 0.6 is 0 Å². The first-order valence-corrected chi connectivity index (χ1v) is 18.9. The zero-order valence-corrected chi connectivity index (χ0v) is 31.7. The summed E-state index contributed by atoms with van der Waals surface area (Å²) >= 11 is 0. The highest BCUT2D eigenvalue weighted by molar-refractivity contribution is 5.98. The molecule has 12 heteroatoms. The van der Waals surface area contributed by atoms with Crippen LogP contribution in [-0.4, -0.2) is 90.6 Å². The fourth-order valence-corrected chi connectivity index (χ4v) is 8.07. The lowest BCUT2D eigenvalue weighted by Gasteiger charge is -2.36. The molecule has 1 unspecified atom stereocenters. The molecule has 7 rings (SSSR count). The van der Waals surface area contributed by atoms with Crippen molar-refractivity contribution in [3.05, 3.63) is 108 Å². The average molecular weight is 749 g/mol. The fraction of sp³-hybridized carbons (Fsp3) is 0.395. The number of ether oxygens (including phenoxy) is 4. The zero-order valence-electron chi connectivity index (χ0n) is 31.7. The molecule has 4 heterocycles. The number of hydrogen-bond acceptors (Lipinski definition) is 10. The Bertz CT molecular complexity index is 2110. The van der Waals surface area contributed by atoms with E-state index in [-0.39, 0.29) is 34.5 Å². The first-order valence-electron chi connectivity index (χ1n) is 18.9. The van der Waals surface area contributed by atoms with Gasteiger partial charge in [0.2, 0.25) is 11.5 Å². The van der Waals surface area contributed by atoms with Crippen LogP contribution < -0.4 is 14.2 Å². The predicted octanol–water partition coefficient (Wildman–Crippen LogP) is 6.56. The van der Waals surface area contributed by atoms with Gasteiger partial charge in [-0.3, -0.25) is 14.4 Å². The predicted molar refractivity (Wildman–Crippen MR) is 206 cm³/mol. The molecular formula is C43H48N4O8. The van der Waals surface area contributed by atoms with E-state index in [2.05, 4.69) is 29.2 Å². The number of fused-ring (bicyclic) bond motifs is 1. The Balaban J connectivity index is 1.00. The third-order valence-electron chi connectivity index (χ3n) is 11.0. The van der Waals surface area contributed by atoms with Crippen LogP contribution in [0.15, 0.2) is 89.5 Å². The lowest BCUT2D eigenvalue weighted by molar-refractivity contribution is -0.132. The molecule has 1 amide bonds. The van der Waals surface area contributed by atoms with Crippen molar-refractivity contribution < 1.29 is 37.7 Å². The summed E-state index contributed by atoms with van der Waals surface area (Å²) < 4.78 is 29.6. The summed E-state index contributed by atoms with van der Waals surface area (Å²) in [5, 5.41) is 0. The summed E-state index contributed by atoms with van der Waals surface area (Å²) in [5.41, 5.74) is 3.05. The number of likely N-dealkylation sites (tertiary alicyclic amines) is 2. The van der Waals surface area contributed by atoms with E-state index in [0.29, 0.717) is 50.0 Å². The van der Waals surface area contributed by atoms with Crippen LogP contribution in [0.2, 0.25) is 0 Å². The van der Waals surface area contributed by atoms with Crippen LogP contribution in [0.3, 0.4) is 0 Å². The summed E-state index contributed by atoms with van der Waals surface area (Å²) in [6.45, 7) is 6.20. The summed E-state index contributed by atoms with van der Waals surface area (Å²) in [6.07, 6.45) is 4.80. The second-order valence-electron chi connectivity index (χ2n) is 14.4. The topological polar surface area (TPSA) is 126 Å². The van der Waals surface area contributed by atoms with E-state index in [1.54, 1.807) is 18.4 Å². The minimum absolute atomic E-state index is 0.0830. The molecule has 3 aromatic carbocycles. The number of methoxy groups -OCH3 is 2. The Kier molecular flexibility index (Phi) is 11.6. The molecule has 2 aromatic heterocycles. The second-order valence-corrected chi connectivity index (χ2v) is 14.4. The quantitative estimate of drug-likeness (QED) is 0.0503. The van der Waals surface area contributed by atoms with Crippen molar-refractivity contribution in [1.29, 1.82) is 0 Å². The normalized spacial score (nSPS) is 17.8. The first-order chi connectivity index (χ1) is 26.8. The zero-order chi connectivity index (χ0) is 38.4. The molecule has 2 aliphatic heterocycles. The van der Waals surface area contributed by atoms with E-state index in [0.717, 1.165) is 62.1 Å². The van der Waals surface area contributed by atoms with Gasteiger partial charge in [-0.2, -0.15) is 0 Å². The van der Waals surface area contributed by atoms with Crippen molar-refractivity contribution in [2.45, 2.75) is 51.2 Å². The van der Waals surface area contributed by atoms with Gasteiger partial charge < -0.3 is 37.7 Å². The van der Waals surface area contributed by atoms with E-state index in [9.17, 15) is 14.4 Å². The van der Waals surface area contributed by atoms with Gasteiger partial charge in [0, 0.05) is 43.5 Å². The van der Waals surface area contributed by atoms with Gasteiger partial charge in [-0.1, -0.05) is 42.5 Å². The lowest BCUT2D eigenvalue weighted by atomic mass is 9.76. The van der Waals surface area contributed by atoms with Crippen LogP contribution in [0.4, 0.5) is 0 Å². The van der Waals surface area contributed by atoms with Gasteiger partial charge in [0.25, 0.3) is 5.91 Å². The van der Waals surface area contributed by atoms with Crippen LogP contribution in [0.5, 0.6) is 17.2 Å². The number of aromatic nitrogens is 2. The van der Waals surface area contributed by atoms with Gasteiger partial charge in [0.15, 0.2) is 17.3 Å². The largest absolute Gasteiger partial charge is 0.493 e. The summed E-state index contributed by atoms with van der Waals surface area (Å²) in [7, 11) is 2.94. The number of benzene rings is 3. The second kappa shape index (κ2) is 16.9. The van der Waals surface area contributed by atoms with Gasteiger partial charge in [-0.25, -0.2) is 4.98 Å². The minimum atomic E-state index is -0.523. The van der Waals surface area contributed by atoms with E-state index in [1.165, 1.54) is 26.7 Å². The van der Waals surface area contributed by atoms with Gasteiger partial charge >= 0.3 is 5.97 Å². The molecule has 12 nitrogen and oxygen atoms in total. The Morgan fingerprint density at radius 1 is 0.891 bits per heavy atom. The van der Waals surface area contributed by atoms with Gasteiger partial charge in [-0.15, -0.1) is 0 Å². The maximum Gasteiger partial charge on any atom is 0.308 e. The first kappa shape index (κ1) is 37.8. The molecule has 288 valence electrons. The molecule has 2 fully saturated rings. The van der Waals surface area contributed by atoms with Crippen LogP contribution in [-0.2, 0) is 28.1 Å². The number of carbonyl (C=O) groups excluding carboxylic acids is 3. The number of piperidine rings is 1. The van der Waals surface area contributed by atoms with E-state index in [4.69, 9.17) is 28.3 Å². The number of amides is 1. The lowest BCUT2D eigenvalue weighted by Crippen LogP contribution is -2.41. The molecule has 55 heavy (non-hydrogen) atoms. The molecule has 0 radical (unpaired) electrons. The summed E-state index contributed by atoms with van der Waals surface area (Å²) in [5.74, 6) is 1.24. The third-order valence-corrected chi connectivity index (χ3v) is 11.0. The fourth-order valence-electron chi connectivity index (χ4n) is 8.07. The van der Waals surface area contributed by atoms with Crippen molar-refractivity contribution in [3.8, 4) is 17.2 Å². The van der Waals surface area contributed by atoms with Crippen molar-refractivity contribution in [2.24, 2.45) is 5.92 Å². The number of Topliss-reactive ketones (excluding diaryl/α,β-unsaturated/α-hetero) is 1. The molecule has 0 saturated carbocycles. The number of para-hydroxylation sites is 2. The maximum atomic E-state index is 14.1. The minimum Gasteiger partial charge on any atom is -0.493 e. The Hall–Kier alpha value is -5.46. The molecule has 2 saturated heterocycles. The molecule has 1 atom stereocenters. The molecule has 0 bridgehead atoms. The number of rotatable bonds is 15. The molecule has 5 aromatic rings. The molecular weight excluding hydrogens is 700 g/mol. The molecule has 0 aliphatic carbocycles. The Morgan fingerprint density at radius 3 is 2.38 bits per heavy atom. The monoisotopic (exact) mass is 748 g/mol. The van der Waals surface area contributed by atoms with Gasteiger partial charge in [-0.05, 0) is 87.3 Å². The number of nitrogens with zero attached hydrogens (tertiary/aromatic N) is 4. The molecule has 2 aliphatic rings. The van der Waals surface area contributed by atoms with Crippen molar-refractivity contribution in [2.75, 3.05) is 53.6 Å². The van der Waals surface area contributed by atoms with Crippen molar-refractivity contribution in [1.82, 2.24) is 19.4 Å².